The Bertz CT molecular complexity index is 441. The summed E-state index contributed by atoms with van der Waals surface area (Å²) in [4.78, 5) is 0.322. The molecule has 4 heteroatoms. The number of sulfonamides is 1. The summed E-state index contributed by atoms with van der Waals surface area (Å²) in [6, 6.07) is 6.85. The van der Waals surface area contributed by atoms with Gasteiger partial charge in [0.15, 0.2) is 0 Å². The fraction of sp³-hybridized carbons (Fsp3) is 0.500. The predicted octanol–water partition coefficient (Wildman–Crippen LogP) is 2.32. The van der Waals surface area contributed by atoms with E-state index >= 15 is 0 Å². The molecule has 0 aromatic heterocycles. The molecule has 0 radical (unpaired) electrons. The van der Waals surface area contributed by atoms with E-state index < -0.39 is 10.0 Å². The van der Waals surface area contributed by atoms with Crippen LogP contribution in [0.25, 0.3) is 0 Å². The van der Waals surface area contributed by atoms with Crippen LogP contribution in [0.5, 0.6) is 0 Å². The quantitative estimate of drug-likeness (QED) is 0.882. The maximum Gasteiger partial charge on any atom is 0.240 e. The second kappa shape index (κ2) is 4.55. The zero-order chi connectivity index (χ0) is 12.4. The first-order valence-corrected chi connectivity index (χ1v) is 6.75. The van der Waals surface area contributed by atoms with Crippen molar-refractivity contribution in [2.24, 2.45) is 5.41 Å². The molecule has 1 N–H and O–H groups in total. The molecule has 0 atom stereocenters. The Hall–Kier alpha value is -0.870. The molecule has 0 fully saturated rings. The van der Waals surface area contributed by atoms with Gasteiger partial charge in [-0.1, -0.05) is 38.5 Å². The van der Waals surface area contributed by atoms with E-state index in [4.69, 9.17) is 0 Å². The van der Waals surface area contributed by atoms with Gasteiger partial charge in [-0.05, 0) is 24.5 Å². The van der Waals surface area contributed by atoms with E-state index in [-0.39, 0.29) is 5.41 Å². The molecule has 0 bridgehead atoms. The van der Waals surface area contributed by atoms with Crippen molar-refractivity contribution in [3.63, 3.8) is 0 Å². The number of nitrogens with one attached hydrogen (secondary N) is 1. The largest absolute Gasteiger partial charge is 0.240 e. The molecular formula is C12H19NO2S. The molecule has 1 aromatic carbocycles. The molecule has 0 saturated carbocycles. The highest BCUT2D eigenvalue weighted by molar-refractivity contribution is 7.89. The van der Waals surface area contributed by atoms with Crippen molar-refractivity contribution in [3.8, 4) is 0 Å². The highest BCUT2D eigenvalue weighted by Gasteiger charge is 2.17. The van der Waals surface area contributed by atoms with E-state index in [1.165, 1.54) is 0 Å². The number of benzene rings is 1. The summed E-state index contributed by atoms with van der Waals surface area (Å²) in [6.07, 6.45) is 0. The van der Waals surface area contributed by atoms with Crippen LogP contribution >= 0.6 is 0 Å². The standard InChI is InChI=1S/C12H19NO2S/c1-10-5-7-11(8-6-10)16(14,15)13-9-12(2,3)4/h5-8,13H,9H2,1-4H3. The predicted molar refractivity (Wildman–Crippen MR) is 65.8 cm³/mol. The van der Waals surface area contributed by atoms with Gasteiger partial charge in [-0.2, -0.15) is 0 Å². The van der Waals surface area contributed by atoms with Crippen LogP contribution in [0.15, 0.2) is 29.2 Å². The third kappa shape index (κ3) is 3.94. The zero-order valence-corrected chi connectivity index (χ0v) is 11.1. The minimum atomic E-state index is -3.36. The summed E-state index contributed by atoms with van der Waals surface area (Å²) in [5, 5.41) is 0. The third-order valence-corrected chi connectivity index (χ3v) is 3.54. The smallest absolute Gasteiger partial charge is 0.211 e. The lowest BCUT2D eigenvalue weighted by molar-refractivity contribution is 0.407. The summed E-state index contributed by atoms with van der Waals surface area (Å²) in [6.45, 7) is 8.34. The second-order valence-electron chi connectivity index (χ2n) is 5.20. The van der Waals surface area contributed by atoms with E-state index in [2.05, 4.69) is 4.72 Å². The Morgan fingerprint density at radius 3 is 2.06 bits per heavy atom. The average molecular weight is 241 g/mol. The summed E-state index contributed by atoms with van der Waals surface area (Å²) in [7, 11) is -3.36. The Balaban J connectivity index is 2.83. The van der Waals surface area contributed by atoms with Gasteiger partial charge in [0.1, 0.15) is 0 Å². The summed E-state index contributed by atoms with van der Waals surface area (Å²) >= 11 is 0. The van der Waals surface area contributed by atoms with Crippen LogP contribution in [-0.4, -0.2) is 15.0 Å². The minimum absolute atomic E-state index is 0.0578. The van der Waals surface area contributed by atoms with E-state index in [1.807, 2.05) is 27.7 Å². The van der Waals surface area contributed by atoms with E-state index in [0.29, 0.717) is 11.4 Å². The SMILES string of the molecule is Cc1ccc(S(=O)(=O)NCC(C)(C)C)cc1. The molecule has 0 amide bonds. The highest BCUT2D eigenvalue weighted by Crippen LogP contribution is 2.14. The lowest BCUT2D eigenvalue weighted by Gasteiger charge is -2.18. The summed E-state index contributed by atoms with van der Waals surface area (Å²) < 4.78 is 26.4. The van der Waals surface area contributed by atoms with Gasteiger partial charge in [0, 0.05) is 6.54 Å². The monoisotopic (exact) mass is 241 g/mol. The lowest BCUT2D eigenvalue weighted by Crippen LogP contribution is -2.32. The number of rotatable bonds is 3. The number of hydrogen-bond acceptors (Lipinski definition) is 2. The van der Waals surface area contributed by atoms with Crippen LogP contribution in [0.3, 0.4) is 0 Å². The van der Waals surface area contributed by atoms with Gasteiger partial charge in [-0.3, -0.25) is 0 Å². The first-order chi connectivity index (χ1) is 7.21. The first kappa shape index (κ1) is 13.2. The van der Waals surface area contributed by atoms with Gasteiger partial charge in [-0.15, -0.1) is 0 Å². The van der Waals surface area contributed by atoms with E-state index in [9.17, 15) is 8.42 Å². The van der Waals surface area contributed by atoms with Crippen molar-refractivity contribution in [2.75, 3.05) is 6.54 Å². The molecular weight excluding hydrogens is 222 g/mol. The van der Waals surface area contributed by atoms with Gasteiger partial charge in [-0.25, -0.2) is 13.1 Å². The van der Waals surface area contributed by atoms with Crippen molar-refractivity contribution >= 4 is 10.0 Å². The molecule has 0 saturated heterocycles. The van der Waals surface area contributed by atoms with Crippen LogP contribution in [0.2, 0.25) is 0 Å². The average Bonchev–Trinajstić information content (AvgIpc) is 2.15. The number of aryl methyl sites for hydroxylation is 1. The topological polar surface area (TPSA) is 46.2 Å². The summed E-state index contributed by atoms with van der Waals surface area (Å²) in [5.74, 6) is 0. The molecule has 3 nitrogen and oxygen atoms in total. The molecule has 0 spiro atoms. The van der Waals surface area contributed by atoms with Crippen LogP contribution in [0, 0.1) is 12.3 Å². The molecule has 90 valence electrons. The first-order valence-electron chi connectivity index (χ1n) is 5.27. The van der Waals surface area contributed by atoms with Gasteiger partial charge in [0.2, 0.25) is 10.0 Å². The molecule has 0 aliphatic carbocycles. The zero-order valence-electron chi connectivity index (χ0n) is 10.2. The van der Waals surface area contributed by atoms with E-state index in [0.717, 1.165) is 5.56 Å². The number of hydrogen-bond donors (Lipinski definition) is 1. The minimum Gasteiger partial charge on any atom is -0.211 e. The van der Waals surface area contributed by atoms with Crippen molar-refractivity contribution in [1.29, 1.82) is 0 Å². The normalized spacial score (nSPS) is 12.8. The fourth-order valence-corrected chi connectivity index (χ4v) is 2.40. The van der Waals surface area contributed by atoms with Gasteiger partial charge in [0.05, 0.1) is 4.90 Å². The maximum atomic E-state index is 11.9. The fourth-order valence-electron chi connectivity index (χ4n) is 1.11. The molecule has 0 aliphatic heterocycles. The Morgan fingerprint density at radius 1 is 1.12 bits per heavy atom. The Labute approximate surface area is 97.9 Å². The Kier molecular flexibility index (Phi) is 3.76. The maximum absolute atomic E-state index is 11.9. The molecule has 0 heterocycles. The summed E-state index contributed by atoms with van der Waals surface area (Å²) in [5.41, 5.74) is 0.993. The van der Waals surface area contributed by atoms with Crippen molar-refractivity contribution in [3.05, 3.63) is 29.8 Å². The molecule has 0 aliphatic rings. The molecule has 16 heavy (non-hydrogen) atoms. The third-order valence-electron chi connectivity index (χ3n) is 2.12. The van der Waals surface area contributed by atoms with Crippen LogP contribution in [0.4, 0.5) is 0 Å². The van der Waals surface area contributed by atoms with Crippen molar-refractivity contribution in [1.82, 2.24) is 4.72 Å². The lowest BCUT2D eigenvalue weighted by atomic mass is 9.98. The molecule has 0 unspecified atom stereocenters. The highest BCUT2D eigenvalue weighted by atomic mass is 32.2. The van der Waals surface area contributed by atoms with Crippen molar-refractivity contribution < 1.29 is 8.42 Å². The van der Waals surface area contributed by atoms with E-state index in [1.54, 1.807) is 24.3 Å². The molecule has 1 rings (SSSR count). The second-order valence-corrected chi connectivity index (χ2v) is 6.97. The molecule has 1 aromatic rings. The van der Waals surface area contributed by atoms with Crippen LogP contribution < -0.4 is 4.72 Å². The van der Waals surface area contributed by atoms with Crippen LogP contribution in [0.1, 0.15) is 26.3 Å². The van der Waals surface area contributed by atoms with Gasteiger partial charge < -0.3 is 0 Å². The van der Waals surface area contributed by atoms with Crippen molar-refractivity contribution in [2.45, 2.75) is 32.6 Å². The van der Waals surface area contributed by atoms with Crippen LogP contribution in [-0.2, 0) is 10.0 Å². The van der Waals surface area contributed by atoms with Gasteiger partial charge in [0.25, 0.3) is 0 Å². The van der Waals surface area contributed by atoms with Gasteiger partial charge >= 0.3 is 0 Å². The Morgan fingerprint density at radius 2 is 1.62 bits per heavy atom.